The molecule has 1 heterocycles. The molecular weight excluding hydrogens is 190 g/mol. The Kier molecular flexibility index (Phi) is 2.55. The quantitative estimate of drug-likeness (QED) is 0.703. The van der Waals surface area contributed by atoms with Gasteiger partial charge in [0.1, 0.15) is 5.69 Å². The molecule has 0 radical (unpaired) electrons. The van der Waals surface area contributed by atoms with Crippen LogP contribution >= 0.6 is 0 Å². The standard InChI is InChI=1S/C11H13N3O/c1-8(4-5-12)11(15)10-6-13-7-14(10)9-2-3-9/h6-9H,2-4H2,1H3. The van der Waals surface area contributed by atoms with E-state index in [1.165, 1.54) is 0 Å². The van der Waals surface area contributed by atoms with Crippen LogP contribution in [0.15, 0.2) is 12.5 Å². The first-order valence-electron chi connectivity index (χ1n) is 5.17. The number of rotatable bonds is 4. The number of Topliss-reactive ketones (excluding diaryl/α,β-unsaturated/α-hetero) is 1. The van der Waals surface area contributed by atoms with E-state index in [1.54, 1.807) is 19.4 Å². The molecule has 2 rings (SSSR count). The van der Waals surface area contributed by atoms with Gasteiger partial charge in [-0.25, -0.2) is 4.98 Å². The van der Waals surface area contributed by atoms with Gasteiger partial charge in [0, 0.05) is 18.4 Å². The van der Waals surface area contributed by atoms with Crippen molar-refractivity contribution in [2.45, 2.75) is 32.2 Å². The van der Waals surface area contributed by atoms with Crippen LogP contribution in [-0.2, 0) is 0 Å². The Morgan fingerprint density at radius 3 is 3.13 bits per heavy atom. The van der Waals surface area contributed by atoms with E-state index >= 15 is 0 Å². The minimum atomic E-state index is -0.232. The summed E-state index contributed by atoms with van der Waals surface area (Å²) in [7, 11) is 0. The Hall–Kier alpha value is -1.63. The minimum Gasteiger partial charge on any atom is -0.325 e. The zero-order chi connectivity index (χ0) is 10.8. The maximum absolute atomic E-state index is 11.9. The van der Waals surface area contributed by atoms with Crippen molar-refractivity contribution >= 4 is 5.78 Å². The molecule has 1 aliphatic rings. The van der Waals surface area contributed by atoms with Crippen molar-refractivity contribution < 1.29 is 4.79 Å². The molecule has 1 fully saturated rings. The van der Waals surface area contributed by atoms with Crippen LogP contribution in [0.25, 0.3) is 0 Å². The molecule has 0 aliphatic heterocycles. The monoisotopic (exact) mass is 203 g/mol. The van der Waals surface area contributed by atoms with Gasteiger partial charge in [-0.05, 0) is 12.8 Å². The van der Waals surface area contributed by atoms with Gasteiger partial charge in [0.25, 0.3) is 0 Å². The highest BCUT2D eigenvalue weighted by Crippen LogP contribution is 2.36. The fourth-order valence-corrected chi connectivity index (χ4v) is 1.62. The first-order chi connectivity index (χ1) is 7.24. The van der Waals surface area contributed by atoms with E-state index in [2.05, 4.69) is 4.98 Å². The van der Waals surface area contributed by atoms with Gasteiger partial charge in [0.15, 0.2) is 5.78 Å². The van der Waals surface area contributed by atoms with Crippen LogP contribution < -0.4 is 0 Å². The van der Waals surface area contributed by atoms with Gasteiger partial charge in [-0.15, -0.1) is 0 Å². The molecule has 0 bridgehead atoms. The van der Waals surface area contributed by atoms with Crippen LogP contribution in [0.2, 0.25) is 0 Å². The normalized spacial score (nSPS) is 17.1. The fraction of sp³-hybridized carbons (Fsp3) is 0.545. The van der Waals surface area contributed by atoms with E-state index in [1.807, 2.05) is 10.6 Å². The van der Waals surface area contributed by atoms with Crippen LogP contribution in [0, 0.1) is 17.2 Å². The average Bonchev–Trinajstić information content (AvgIpc) is 2.96. The summed E-state index contributed by atoms with van der Waals surface area (Å²) in [5.74, 6) is -0.204. The van der Waals surface area contributed by atoms with Crippen molar-refractivity contribution in [3.05, 3.63) is 18.2 Å². The number of imidazole rings is 1. The first kappa shape index (κ1) is 9.91. The third-order valence-electron chi connectivity index (χ3n) is 2.70. The molecule has 4 nitrogen and oxygen atoms in total. The van der Waals surface area contributed by atoms with E-state index in [4.69, 9.17) is 5.26 Å². The lowest BCUT2D eigenvalue weighted by atomic mass is 10.0. The van der Waals surface area contributed by atoms with E-state index < -0.39 is 0 Å². The molecule has 1 aliphatic carbocycles. The molecule has 78 valence electrons. The number of aromatic nitrogens is 2. The number of carbonyl (C=O) groups is 1. The number of hydrogen-bond donors (Lipinski definition) is 0. The third kappa shape index (κ3) is 1.91. The number of carbonyl (C=O) groups excluding carboxylic acids is 1. The molecule has 0 saturated heterocycles. The van der Waals surface area contributed by atoms with Crippen molar-refractivity contribution in [1.82, 2.24) is 9.55 Å². The summed E-state index contributed by atoms with van der Waals surface area (Å²) in [6, 6.07) is 2.48. The second-order valence-corrected chi connectivity index (χ2v) is 4.04. The second kappa shape index (κ2) is 3.85. The molecular formula is C11H13N3O. The number of hydrogen-bond acceptors (Lipinski definition) is 3. The average molecular weight is 203 g/mol. The molecule has 1 aromatic heterocycles. The summed E-state index contributed by atoms with van der Waals surface area (Å²) in [5.41, 5.74) is 0.653. The van der Waals surface area contributed by atoms with Gasteiger partial charge >= 0.3 is 0 Å². The lowest BCUT2D eigenvalue weighted by Crippen LogP contribution is -2.15. The molecule has 1 atom stereocenters. The van der Waals surface area contributed by atoms with E-state index in [0.717, 1.165) is 12.8 Å². The van der Waals surface area contributed by atoms with Crippen molar-refractivity contribution in [1.29, 1.82) is 5.26 Å². The van der Waals surface area contributed by atoms with Crippen molar-refractivity contribution in [3.63, 3.8) is 0 Å². The van der Waals surface area contributed by atoms with Crippen molar-refractivity contribution in [2.24, 2.45) is 5.92 Å². The Labute approximate surface area is 88.5 Å². The first-order valence-corrected chi connectivity index (χ1v) is 5.17. The van der Waals surface area contributed by atoms with Crippen LogP contribution in [0.5, 0.6) is 0 Å². The Bertz CT molecular complexity index is 412. The maximum Gasteiger partial charge on any atom is 0.184 e. The molecule has 0 N–H and O–H groups in total. The van der Waals surface area contributed by atoms with Crippen molar-refractivity contribution in [3.8, 4) is 6.07 Å². The molecule has 0 spiro atoms. The summed E-state index contributed by atoms with van der Waals surface area (Å²) in [6.07, 6.45) is 5.85. The van der Waals surface area contributed by atoms with E-state index in [-0.39, 0.29) is 18.1 Å². The molecule has 0 amide bonds. The predicted octanol–water partition coefficient (Wildman–Crippen LogP) is 1.95. The van der Waals surface area contributed by atoms with Gasteiger partial charge in [-0.3, -0.25) is 4.79 Å². The highest BCUT2D eigenvalue weighted by atomic mass is 16.1. The Morgan fingerprint density at radius 1 is 1.80 bits per heavy atom. The van der Waals surface area contributed by atoms with E-state index in [0.29, 0.717) is 11.7 Å². The van der Waals surface area contributed by atoms with Crippen LogP contribution in [0.4, 0.5) is 0 Å². The lowest BCUT2D eigenvalue weighted by Gasteiger charge is -2.08. The molecule has 0 aromatic carbocycles. The van der Waals surface area contributed by atoms with Gasteiger partial charge in [0.2, 0.25) is 0 Å². The molecule has 1 aromatic rings. The summed E-state index contributed by atoms with van der Waals surface area (Å²) in [6.45, 7) is 1.79. The second-order valence-electron chi connectivity index (χ2n) is 4.04. The SMILES string of the molecule is CC(CC#N)C(=O)c1cncn1C1CC1. The summed E-state index contributed by atoms with van der Waals surface area (Å²) >= 11 is 0. The third-order valence-corrected chi connectivity index (χ3v) is 2.70. The number of nitrogens with zero attached hydrogens (tertiary/aromatic N) is 3. The van der Waals surface area contributed by atoms with Gasteiger partial charge in [-0.2, -0.15) is 5.26 Å². The van der Waals surface area contributed by atoms with Crippen molar-refractivity contribution in [2.75, 3.05) is 0 Å². The Morgan fingerprint density at radius 2 is 2.53 bits per heavy atom. The topological polar surface area (TPSA) is 58.7 Å². The molecule has 1 unspecified atom stereocenters. The summed E-state index contributed by atoms with van der Waals surface area (Å²) in [4.78, 5) is 15.9. The zero-order valence-electron chi connectivity index (χ0n) is 8.68. The highest BCUT2D eigenvalue weighted by Gasteiger charge is 2.28. The van der Waals surface area contributed by atoms with Gasteiger partial charge in [-0.1, -0.05) is 6.92 Å². The number of ketones is 1. The lowest BCUT2D eigenvalue weighted by molar-refractivity contribution is 0.0922. The number of nitriles is 1. The molecule has 15 heavy (non-hydrogen) atoms. The molecule has 4 heteroatoms. The van der Waals surface area contributed by atoms with Gasteiger partial charge in [0.05, 0.1) is 18.6 Å². The van der Waals surface area contributed by atoms with Gasteiger partial charge < -0.3 is 4.57 Å². The zero-order valence-corrected chi connectivity index (χ0v) is 8.68. The van der Waals surface area contributed by atoms with E-state index in [9.17, 15) is 4.79 Å². The maximum atomic E-state index is 11.9. The molecule has 1 saturated carbocycles. The largest absolute Gasteiger partial charge is 0.325 e. The summed E-state index contributed by atoms with van der Waals surface area (Å²) in [5, 5.41) is 8.55. The summed E-state index contributed by atoms with van der Waals surface area (Å²) < 4.78 is 1.94. The minimum absolute atomic E-state index is 0.0287. The fourth-order valence-electron chi connectivity index (χ4n) is 1.62. The Balaban J connectivity index is 2.18. The van der Waals surface area contributed by atoms with Crippen LogP contribution in [0.3, 0.4) is 0 Å². The van der Waals surface area contributed by atoms with Crippen LogP contribution in [-0.4, -0.2) is 15.3 Å². The highest BCUT2D eigenvalue weighted by molar-refractivity contribution is 5.96. The van der Waals surface area contributed by atoms with Crippen LogP contribution in [0.1, 0.15) is 42.7 Å². The predicted molar refractivity (Wildman–Crippen MR) is 54.2 cm³/mol. The smallest absolute Gasteiger partial charge is 0.184 e.